The highest BCUT2D eigenvalue weighted by Crippen LogP contribution is 2.27. The summed E-state index contributed by atoms with van der Waals surface area (Å²) in [7, 11) is 0. The molecule has 2 aromatic carbocycles. The number of nitrogens with zero attached hydrogens (tertiary/aromatic N) is 5. The fraction of sp³-hybridized carbons (Fsp3) is 0.211. The van der Waals surface area contributed by atoms with Gasteiger partial charge in [0.05, 0.1) is 5.69 Å². The second-order valence-corrected chi connectivity index (χ2v) is 6.72. The molecule has 0 amide bonds. The van der Waals surface area contributed by atoms with E-state index in [1.165, 1.54) is 17.6 Å². The van der Waals surface area contributed by atoms with Crippen LogP contribution in [0.25, 0.3) is 11.4 Å². The van der Waals surface area contributed by atoms with Crippen molar-refractivity contribution in [2.24, 2.45) is 0 Å². The lowest BCUT2D eigenvalue weighted by molar-refractivity contribution is 0.616. The van der Waals surface area contributed by atoms with Gasteiger partial charge in [-0.05, 0) is 12.1 Å². The summed E-state index contributed by atoms with van der Waals surface area (Å²) in [6.07, 6.45) is 0. The van der Waals surface area contributed by atoms with Gasteiger partial charge in [0.1, 0.15) is 17.4 Å². The molecule has 1 aliphatic rings. The molecule has 0 atom stereocenters. The maximum Gasteiger partial charge on any atom is 0.205 e. The van der Waals surface area contributed by atoms with E-state index in [0.717, 1.165) is 29.6 Å². The van der Waals surface area contributed by atoms with Gasteiger partial charge in [0, 0.05) is 43.3 Å². The van der Waals surface area contributed by atoms with Crippen LogP contribution in [0.1, 0.15) is 5.56 Å². The summed E-state index contributed by atoms with van der Waals surface area (Å²) < 4.78 is 18.3. The molecule has 0 radical (unpaired) electrons. The van der Waals surface area contributed by atoms with Crippen molar-refractivity contribution >= 4 is 22.4 Å². The number of benzene rings is 2. The Morgan fingerprint density at radius 2 is 1.69 bits per heavy atom. The third-order valence-corrected chi connectivity index (χ3v) is 5.22. The SMILES string of the molecule is N#Cc1c(F)cccc1N1CCN(c2nc(-c3ccccc3)ns2)CC1. The Morgan fingerprint density at radius 1 is 0.962 bits per heavy atom. The molecule has 2 heterocycles. The standard InChI is InChI=1S/C19H16FN5S/c20-16-7-4-8-17(15(16)13-21)24-9-11-25(12-10-24)19-22-18(23-26-19)14-5-2-1-3-6-14/h1-8H,9-12H2. The molecule has 0 spiro atoms. The second kappa shape index (κ2) is 7.10. The van der Waals surface area contributed by atoms with Crippen molar-refractivity contribution in [3.63, 3.8) is 0 Å². The lowest BCUT2D eigenvalue weighted by Crippen LogP contribution is -2.46. The van der Waals surface area contributed by atoms with Gasteiger partial charge in [0.2, 0.25) is 5.13 Å². The predicted octanol–water partition coefficient (Wildman–Crippen LogP) is 3.54. The number of hydrogen-bond donors (Lipinski definition) is 0. The van der Waals surface area contributed by atoms with E-state index in [2.05, 4.69) is 19.2 Å². The van der Waals surface area contributed by atoms with Crippen LogP contribution in [0.4, 0.5) is 15.2 Å². The van der Waals surface area contributed by atoms with Crippen LogP contribution in [0.2, 0.25) is 0 Å². The zero-order chi connectivity index (χ0) is 17.9. The summed E-state index contributed by atoms with van der Waals surface area (Å²) in [4.78, 5) is 8.89. The van der Waals surface area contributed by atoms with Crippen molar-refractivity contribution in [1.29, 1.82) is 5.26 Å². The van der Waals surface area contributed by atoms with Gasteiger partial charge in [-0.1, -0.05) is 36.4 Å². The summed E-state index contributed by atoms with van der Waals surface area (Å²) in [5.41, 5.74) is 1.78. The molecule has 1 saturated heterocycles. The number of hydrogen-bond acceptors (Lipinski definition) is 6. The van der Waals surface area contributed by atoms with Gasteiger partial charge < -0.3 is 9.80 Å². The molecule has 130 valence electrons. The van der Waals surface area contributed by atoms with Gasteiger partial charge in [0.25, 0.3) is 0 Å². The normalized spacial score (nSPS) is 14.3. The molecule has 1 aliphatic heterocycles. The van der Waals surface area contributed by atoms with E-state index in [9.17, 15) is 9.65 Å². The first-order valence-corrected chi connectivity index (χ1v) is 9.11. The van der Waals surface area contributed by atoms with Crippen LogP contribution in [0.3, 0.4) is 0 Å². The molecule has 0 saturated carbocycles. The Kier molecular flexibility index (Phi) is 4.50. The van der Waals surface area contributed by atoms with Gasteiger partial charge in [-0.15, -0.1) is 0 Å². The van der Waals surface area contributed by atoms with E-state index in [1.807, 2.05) is 36.4 Å². The average molecular weight is 365 g/mol. The molecule has 26 heavy (non-hydrogen) atoms. The molecular formula is C19H16FN5S. The zero-order valence-electron chi connectivity index (χ0n) is 14.0. The quantitative estimate of drug-likeness (QED) is 0.711. The summed E-state index contributed by atoms with van der Waals surface area (Å²) in [5, 5.41) is 10.1. The molecule has 5 nitrogen and oxygen atoms in total. The van der Waals surface area contributed by atoms with Crippen molar-refractivity contribution in [3.05, 3.63) is 59.9 Å². The minimum atomic E-state index is -0.468. The van der Waals surface area contributed by atoms with E-state index in [0.29, 0.717) is 18.8 Å². The Labute approximate surface area is 155 Å². The van der Waals surface area contributed by atoms with E-state index in [4.69, 9.17) is 0 Å². The second-order valence-electron chi connectivity index (χ2n) is 5.99. The highest BCUT2D eigenvalue weighted by atomic mass is 32.1. The minimum Gasteiger partial charge on any atom is -0.367 e. The monoisotopic (exact) mass is 365 g/mol. The highest BCUT2D eigenvalue weighted by molar-refractivity contribution is 7.09. The first kappa shape index (κ1) is 16.5. The Balaban J connectivity index is 1.47. The average Bonchev–Trinajstić information content (AvgIpc) is 3.19. The largest absolute Gasteiger partial charge is 0.367 e. The fourth-order valence-electron chi connectivity index (χ4n) is 3.07. The first-order chi connectivity index (χ1) is 12.8. The van der Waals surface area contributed by atoms with Crippen LogP contribution in [-0.4, -0.2) is 35.5 Å². The van der Waals surface area contributed by atoms with E-state index in [1.54, 1.807) is 12.1 Å². The van der Waals surface area contributed by atoms with E-state index < -0.39 is 5.82 Å². The van der Waals surface area contributed by atoms with Crippen LogP contribution in [0.15, 0.2) is 48.5 Å². The van der Waals surface area contributed by atoms with Crippen molar-refractivity contribution in [2.75, 3.05) is 36.0 Å². The molecule has 0 aliphatic carbocycles. The number of nitriles is 1. The lowest BCUT2D eigenvalue weighted by atomic mass is 10.1. The van der Waals surface area contributed by atoms with Crippen LogP contribution in [-0.2, 0) is 0 Å². The van der Waals surface area contributed by atoms with Crippen molar-refractivity contribution in [2.45, 2.75) is 0 Å². The summed E-state index contributed by atoms with van der Waals surface area (Å²) in [6, 6.07) is 16.7. The van der Waals surface area contributed by atoms with Gasteiger partial charge in [-0.25, -0.2) is 4.39 Å². The highest BCUT2D eigenvalue weighted by Gasteiger charge is 2.23. The summed E-state index contributed by atoms with van der Waals surface area (Å²) >= 11 is 1.39. The summed E-state index contributed by atoms with van der Waals surface area (Å²) in [6.45, 7) is 2.92. The Hall–Kier alpha value is -2.98. The molecule has 7 heteroatoms. The number of halogens is 1. The molecule has 3 aromatic rings. The topological polar surface area (TPSA) is 56.1 Å². The van der Waals surface area contributed by atoms with Crippen LogP contribution in [0, 0.1) is 17.1 Å². The predicted molar refractivity (Wildman–Crippen MR) is 101 cm³/mol. The van der Waals surface area contributed by atoms with E-state index in [-0.39, 0.29) is 5.56 Å². The molecule has 0 N–H and O–H groups in total. The summed E-state index contributed by atoms with van der Waals surface area (Å²) in [5.74, 6) is 0.272. The third kappa shape index (κ3) is 3.11. The van der Waals surface area contributed by atoms with Crippen LogP contribution >= 0.6 is 11.5 Å². The maximum atomic E-state index is 13.8. The smallest absolute Gasteiger partial charge is 0.205 e. The number of piperazine rings is 1. The molecule has 1 aromatic heterocycles. The number of rotatable bonds is 3. The number of aromatic nitrogens is 2. The Bertz CT molecular complexity index is 942. The molecule has 1 fully saturated rings. The van der Waals surface area contributed by atoms with Gasteiger partial charge in [-0.2, -0.15) is 14.6 Å². The van der Waals surface area contributed by atoms with Gasteiger partial charge >= 0.3 is 0 Å². The third-order valence-electron chi connectivity index (χ3n) is 4.44. The van der Waals surface area contributed by atoms with Gasteiger partial charge in [0.15, 0.2) is 5.82 Å². The first-order valence-electron chi connectivity index (χ1n) is 8.34. The lowest BCUT2D eigenvalue weighted by Gasteiger charge is -2.36. The molecule has 4 rings (SSSR count). The van der Waals surface area contributed by atoms with Crippen molar-refractivity contribution in [3.8, 4) is 17.5 Å². The Morgan fingerprint density at radius 3 is 2.42 bits per heavy atom. The van der Waals surface area contributed by atoms with E-state index >= 15 is 0 Å². The van der Waals surface area contributed by atoms with Crippen molar-refractivity contribution < 1.29 is 4.39 Å². The van der Waals surface area contributed by atoms with Gasteiger partial charge in [-0.3, -0.25) is 0 Å². The zero-order valence-corrected chi connectivity index (χ0v) is 14.8. The number of anilines is 2. The minimum absolute atomic E-state index is 0.114. The fourth-order valence-corrected chi connectivity index (χ4v) is 3.81. The van der Waals surface area contributed by atoms with Crippen molar-refractivity contribution in [1.82, 2.24) is 9.36 Å². The van der Waals surface area contributed by atoms with Crippen LogP contribution < -0.4 is 9.80 Å². The molecule has 0 bridgehead atoms. The molecule has 0 unspecified atom stereocenters. The molecular weight excluding hydrogens is 349 g/mol. The maximum absolute atomic E-state index is 13.8. The van der Waals surface area contributed by atoms with Crippen LogP contribution in [0.5, 0.6) is 0 Å².